The molecule has 0 spiro atoms. The van der Waals surface area contributed by atoms with Gasteiger partial charge in [-0.25, -0.2) is 9.97 Å². The van der Waals surface area contributed by atoms with Gasteiger partial charge in [0.25, 0.3) is 0 Å². The van der Waals surface area contributed by atoms with Crippen molar-refractivity contribution in [1.29, 1.82) is 0 Å². The minimum absolute atomic E-state index is 0.634. The van der Waals surface area contributed by atoms with Crippen LogP contribution in [0.2, 0.25) is 0 Å². The Hall–Kier alpha value is -1.42. The highest BCUT2D eigenvalue weighted by Crippen LogP contribution is 2.24. The van der Waals surface area contributed by atoms with Crippen molar-refractivity contribution in [1.82, 2.24) is 9.97 Å². The van der Waals surface area contributed by atoms with Gasteiger partial charge >= 0.3 is 0 Å². The Morgan fingerprint density at radius 2 is 2.24 bits per heavy atom. The van der Waals surface area contributed by atoms with Crippen LogP contribution in [0.25, 0.3) is 11.3 Å². The van der Waals surface area contributed by atoms with Crippen LogP contribution in [-0.2, 0) is 0 Å². The summed E-state index contributed by atoms with van der Waals surface area (Å²) in [6.07, 6.45) is 5.78. The molecule has 0 radical (unpaired) electrons. The van der Waals surface area contributed by atoms with Crippen molar-refractivity contribution in [2.45, 2.75) is 32.2 Å². The summed E-state index contributed by atoms with van der Waals surface area (Å²) in [6, 6.07) is 4.76. The molecule has 0 atom stereocenters. The summed E-state index contributed by atoms with van der Waals surface area (Å²) in [5.74, 6) is 0.977. The van der Waals surface area contributed by atoms with Crippen LogP contribution < -0.4 is 5.32 Å². The topological polar surface area (TPSA) is 37.8 Å². The Labute approximate surface area is 105 Å². The highest BCUT2D eigenvalue weighted by atomic mass is 32.1. The van der Waals surface area contributed by atoms with Crippen molar-refractivity contribution in [3.05, 3.63) is 28.7 Å². The SMILES string of the molecule is Cc1nc(-c2ccc(NC3CCC3)nc2)cs1. The van der Waals surface area contributed by atoms with Crippen LogP contribution in [0.3, 0.4) is 0 Å². The molecule has 0 bridgehead atoms. The monoisotopic (exact) mass is 245 g/mol. The molecule has 1 fully saturated rings. The van der Waals surface area contributed by atoms with Crippen LogP contribution in [0.5, 0.6) is 0 Å². The molecule has 17 heavy (non-hydrogen) atoms. The maximum absolute atomic E-state index is 4.46. The van der Waals surface area contributed by atoms with E-state index in [1.165, 1.54) is 19.3 Å². The summed E-state index contributed by atoms with van der Waals surface area (Å²) < 4.78 is 0. The largest absolute Gasteiger partial charge is 0.367 e. The fourth-order valence-corrected chi connectivity index (χ4v) is 2.51. The third-order valence-corrected chi connectivity index (χ3v) is 3.91. The number of rotatable bonds is 3. The van der Waals surface area contributed by atoms with Crippen LogP contribution in [0.15, 0.2) is 23.7 Å². The van der Waals surface area contributed by atoms with Gasteiger partial charge in [-0.3, -0.25) is 0 Å². The number of thiazole rings is 1. The smallest absolute Gasteiger partial charge is 0.126 e. The third-order valence-electron chi connectivity index (χ3n) is 3.14. The molecule has 0 aromatic carbocycles. The van der Waals surface area contributed by atoms with E-state index in [0.29, 0.717) is 6.04 Å². The van der Waals surface area contributed by atoms with E-state index in [-0.39, 0.29) is 0 Å². The van der Waals surface area contributed by atoms with Gasteiger partial charge in [-0.15, -0.1) is 11.3 Å². The number of aryl methyl sites for hydroxylation is 1. The number of hydrogen-bond donors (Lipinski definition) is 1. The second kappa shape index (κ2) is 4.45. The van der Waals surface area contributed by atoms with Crippen molar-refractivity contribution in [2.75, 3.05) is 5.32 Å². The van der Waals surface area contributed by atoms with E-state index in [1.54, 1.807) is 11.3 Å². The average Bonchev–Trinajstić information content (AvgIpc) is 2.71. The molecule has 1 aliphatic carbocycles. The Morgan fingerprint density at radius 3 is 2.76 bits per heavy atom. The van der Waals surface area contributed by atoms with Crippen LogP contribution in [0.1, 0.15) is 24.3 Å². The zero-order valence-corrected chi connectivity index (χ0v) is 10.6. The Kier molecular flexibility index (Phi) is 2.81. The van der Waals surface area contributed by atoms with E-state index in [0.717, 1.165) is 22.1 Å². The van der Waals surface area contributed by atoms with Gasteiger partial charge < -0.3 is 5.32 Å². The lowest BCUT2D eigenvalue weighted by atomic mass is 9.93. The van der Waals surface area contributed by atoms with Gasteiger partial charge in [0.2, 0.25) is 0 Å². The fourth-order valence-electron chi connectivity index (χ4n) is 1.89. The maximum Gasteiger partial charge on any atom is 0.126 e. The van der Waals surface area contributed by atoms with E-state index in [2.05, 4.69) is 26.7 Å². The highest BCUT2D eigenvalue weighted by molar-refractivity contribution is 7.09. The summed E-state index contributed by atoms with van der Waals surface area (Å²) in [6.45, 7) is 2.02. The molecular weight excluding hydrogens is 230 g/mol. The first-order valence-electron chi connectivity index (χ1n) is 5.96. The third kappa shape index (κ3) is 2.31. The van der Waals surface area contributed by atoms with Gasteiger partial charge in [-0.2, -0.15) is 0 Å². The van der Waals surface area contributed by atoms with E-state index < -0.39 is 0 Å². The molecule has 0 saturated heterocycles. The predicted molar refractivity (Wildman–Crippen MR) is 71.3 cm³/mol. The number of hydrogen-bond acceptors (Lipinski definition) is 4. The van der Waals surface area contributed by atoms with Crippen molar-refractivity contribution < 1.29 is 0 Å². The van der Waals surface area contributed by atoms with Gasteiger partial charge in [0.05, 0.1) is 10.7 Å². The molecule has 0 amide bonds. The van der Waals surface area contributed by atoms with Crippen LogP contribution in [0.4, 0.5) is 5.82 Å². The molecule has 2 aromatic heterocycles. The number of pyridine rings is 1. The summed E-state index contributed by atoms with van der Waals surface area (Å²) in [7, 11) is 0. The van der Waals surface area contributed by atoms with E-state index in [4.69, 9.17) is 0 Å². The molecule has 1 saturated carbocycles. The molecule has 1 aliphatic rings. The van der Waals surface area contributed by atoms with Crippen molar-refractivity contribution in [3.8, 4) is 11.3 Å². The zero-order chi connectivity index (χ0) is 11.7. The first-order valence-corrected chi connectivity index (χ1v) is 6.84. The number of nitrogens with zero attached hydrogens (tertiary/aromatic N) is 2. The predicted octanol–water partition coefficient (Wildman–Crippen LogP) is 3.48. The number of aromatic nitrogens is 2. The normalized spacial score (nSPS) is 15.6. The van der Waals surface area contributed by atoms with E-state index in [1.807, 2.05) is 19.2 Å². The molecular formula is C13H15N3S. The maximum atomic E-state index is 4.46. The quantitative estimate of drug-likeness (QED) is 0.899. The standard InChI is InChI=1S/C13H15N3S/c1-9-15-12(8-17-9)10-5-6-13(14-7-10)16-11-3-2-4-11/h5-8,11H,2-4H2,1H3,(H,14,16). The molecule has 4 heteroatoms. The molecule has 88 valence electrons. The second-order valence-electron chi connectivity index (χ2n) is 4.46. The van der Waals surface area contributed by atoms with Crippen LogP contribution in [-0.4, -0.2) is 16.0 Å². The first kappa shape index (κ1) is 10.7. The minimum Gasteiger partial charge on any atom is -0.367 e. The molecule has 3 nitrogen and oxygen atoms in total. The fraction of sp³-hybridized carbons (Fsp3) is 0.385. The van der Waals surface area contributed by atoms with Crippen LogP contribution >= 0.6 is 11.3 Å². The lowest BCUT2D eigenvalue weighted by molar-refractivity contribution is 0.444. The van der Waals surface area contributed by atoms with Gasteiger partial charge in [0.15, 0.2) is 0 Å². The Balaban J connectivity index is 1.75. The lowest BCUT2D eigenvalue weighted by Crippen LogP contribution is -2.27. The Bertz CT molecular complexity index is 500. The van der Waals surface area contributed by atoms with Crippen molar-refractivity contribution >= 4 is 17.2 Å². The summed E-state index contributed by atoms with van der Waals surface area (Å²) in [5.41, 5.74) is 2.11. The molecule has 1 N–H and O–H groups in total. The van der Waals surface area contributed by atoms with Gasteiger partial charge in [0.1, 0.15) is 5.82 Å². The molecule has 0 aliphatic heterocycles. The number of nitrogens with one attached hydrogen (secondary N) is 1. The summed E-state index contributed by atoms with van der Waals surface area (Å²) in [5, 5.41) is 6.60. The minimum atomic E-state index is 0.634. The van der Waals surface area contributed by atoms with Gasteiger partial charge in [-0.1, -0.05) is 0 Å². The first-order chi connectivity index (χ1) is 8.31. The van der Waals surface area contributed by atoms with Crippen molar-refractivity contribution in [2.24, 2.45) is 0 Å². The van der Waals surface area contributed by atoms with Crippen molar-refractivity contribution in [3.63, 3.8) is 0 Å². The highest BCUT2D eigenvalue weighted by Gasteiger charge is 2.17. The molecule has 2 heterocycles. The summed E-state index contributed by atoms with van der Waals surface area (Å²) >= 11 is 1.67. The average molecular weight is 245 g/mol. The second-order valence-corrected chi connectivity index (χ2v) is 5.52. The summed E-state index contributed by atoms with van der Waals surface area (Å²) in [4.78, 5) is 8.90. The van der Waals surface area contributed by atoms with E-state index >= 15 is 0 Å². The molecule has 3 rings (SSSR count). The Morgan fingerprint density at radius 1 is 1.35 bits per heavy atom. The molecule has 0 unspecified atom stereocenters. The van der Waals surface area contributed by atoms with E-state index in [9.17, 15) is 0 Å². The zero-order valence-electron chi connectivity index (χ0n) is 9.81. The number of anilines is 1. The lowest BCUT2D eigenvalue weighted by Gasteiger charge is -2.26. The molecule has 2 aromatic rings. The van der Waals surface area contributed by atoms with Gasteiger partial charge in [-0.05, 0) is 38.3 Å². The van der Waals surface area contributed by atoms with Gasteiger partial charge in [0, 0.05) is 23.2 Å². The van der Waals surface area contributed by atoms with Crippen LogP contribution in [0, 0.1) is 6.92 Å².